The van der Waals surface area contributed by atoms with Gasteiger partial charge in [0, 0.05) is 29.5 Å². The molecule has 27 heavy (non-hydrogen) atoms. The average Bonchev–Trinajstić information content (AvgIpc) is 3.10. The standard InChI is InChI=1S/C22H17ClFN3/c1-15-5-8-18(24)12-16(15)13-22-26-21(20-4-2-3-11-25-20)14-27(22)19-9-6-17(23)7-10-19/h2-12,14H,13H2,1H3. The quantitative estimate of drug-likeness (QED) is 0.461. The Morgan fingerprint density at radius 3 is 2.56 bits per heavy atom. The molecule has 0 aliphatic carbocycles. The summed E-state index contributed by atoms with van der Waals surface area (Å²) < 4.78 is 15.7. The summed E-state index contributed by atoms with van der Waals surface area (Å²) in [6.07, 6.45) is 4.21. The van der Waals surface area contributed by atoms with Crippen LogP contribution in [0.3, 0.4) is 0 Å². The van der Waals surface area contributed by atoms with Gasteiger partial charge in [-0.1, -0.05) is 23.7 Å². The molecule has 5 heteroatoms. The third-order valence-electron chi connectivity index (χ3n) is 4.47. The van der Waals surface area contributed by atoms with Gasteiger partial charge in [0.25, 0.3) is 0 Å². The second-order valence-corrected chi connectivity index (χ2v) is 6.79. The van der Waals surface area contributed by atoms with Crippen LogP contribution < -0.4 is 0 Å². The van der Waals surface area contributed by atoms with Gasteiger partial charge in [0.2, 0.25) is 0 Å². The van der Waals surface area contributed by atoms with Gasteiger partial charge in [0.1, 0.15) is 17.3 Å². The predicted octanol–water partition coefficient (Wildman–Crippen LogP) is 5.63. The number of imidazole rings is 1. The van der Waals surface area contributed by atoms with Crippen LogP contribution in [0.15, 0.2) is 73.1 Å². The molecule has 0 radical (unpaired) electrons. The number of benzene rings is 2. The molecule has 0 saturated carbocycles. The number of rotatable bonds is 4. The van der Waals surface area contributed by atoms with Crippen molar-refractivity contribution >= 4 is 11.6 Å². The summed E-state index contributed by atoms with van der Waals surface area (Å²) in [6, 6.07) is 18.1. The summed E-state index contributed by atoms with van der Waals surface area (Å²) in [6.45, 7) is 1.98. The zero-order valence-electron chi connectivity index (χ0n) is 14.7. The van der Waals surface area contributed by atoms with E-state index >= 15 is 0 Å². The number of hydrogen-bond donors (Lipinski definition) is 0. The molecule has 2 aromatic carbocycles. The van der Waals surface area contributed by atoms with Crippen LogP contribution in [-0.4, -0.2) is 14.5 Å². The fraction of sp³-hybridized carbons (Fsp3) is 0.0909. The Balaban J connectivity index is 1.82. The van der Waals surface area contributed by atoms with Crippen molar-refractivity contribution in [1.82, 2.24) is 14.5 Å². The molecule has 0 aliphatic heterocycles. The number of aryl methyl sites for hydroxylation is 1. The second kappa shape index (κ2) is 7.33. The van der Waals surface area contributed by atoms with Crippen LogP contribution in [-0.2, 0) is 6.42 Å². The number of halogens is 2. The Labute approximate surface area is 162 Å². The summed E-state index contributed by atoms with van der Waals surface area (Å²) in [4.78, 5) is 9.18. The van der Waals surface area contributed by atoms with Crippen molar-refractivity contribution in [3.05, 3.63) is 101 Å². The zero-order valence-corrected chi connectivity index (χ0v) is 15.5. The first-order chi connectivity index (χ1) is 13.1. The normalized spacial score (nSPS) is 10.9. The summed E-state index contributed by atoms with van der Waals surface area (Å²) in [5.41, 5.74) is 4.44. The van der Waals surface area contributed by atoms with E-state index in [-0.39, 0.29) is 5.82 Å². The molecule has 134 valence electrons. The van der Waals surface area contributed by atoms with Crippen molar-refractivity contribution in [2.75, 3.05) is 0 Å². The monoisotopic (exact) mass is 377 g/mol. The molecule has 0 amide bonds. The lowest BCUT2D eigenvalue weighted by molar-refractivity contribution is 0.625. The van der Waals surface area contributed by atoms with Gasteiger partial charge >= 0.3 is 0 Å². The molecule has 4 aromatic rings. The molecule has 0 N–H and O–H groups in total. The lowest BCUT2D eigenvalue weighted by atomic mass is 10.1. The molecule has 0 aliphatic rings. The molecular formula is C22H17ClFN3. The van der Waals surface area contributed by atoms with Gasteiger partial charge in [-0.05, 0) is 66.6 Å². The molecule has 0 atom stereocenters. The molecular weight excluding hydrogens is 361 g/mol. The minimum absolute atomic E-state index is 0.245. The third-order valence-corrected chi connectivity index (χ3v) is 4.72. The van der Waals surface area contributed by atoms with Crippen molar-refractivity contribution in [2.45, 2.75) is 13.3 Å². The maximum absolute atomic E-state index is 13.7. The highest BCUT2D eigenvalue weighted by Crippen LogP contribution is 2.24. The molecule has 2 aromatic heterocycles. The van der Waals surface area contributed by atoms with E-state index in [1.54, 1.807) is 18.3 Å². The average molecular weight is 378 g/mol. The highest BCUT2D eigenvalue weighted by molar-refractivity contribution is 6.30. The van der Waals surface area contributed by atoms with Gasteiger partial charge in [-0.2, -0.15) is 0 Å². The van der Waals surface area contributed by atoms with E-state index in [0.29, 0.717) is 11.4 Å². The Morgan fingerprint density at radius 2 is 1.81 bits per heavy atom. The fourth-order valence-electron chi connectivity index (χ4n) is 3.01. The van der Waals surface area contributed by atoms with Crippen LogP contribution in [0.5, 0.6) is 0 Å². The Kier molecular flexibility index (Phi) is 4.73. The van der Waals surface area contributed by atoms with Crippen molar-refractivity contribution in [1.29, 1.82) is 0 Å². The maximum atomic E-state index is 13.7. The number of aromatic nitrogens is 3. The molecule has 0 bridgehead atoms. The lowest BCUT2D eigenvalue weighted by Crippen LogP contribution is -2.03. The first-order valence-corrected chi connectivity index (χ1v) is 8.98. The van der Waals surface area contributed by atoms with Crippen molar-refractivity contribution in [3.8, 4) is 17.1 Å². The van der Waals surface area contributed by atoms with E-state index in [1.165, 1.54) is 6.07 Å². The largest absolute Gasteiger partial charge is 0.303 e. The van der Waals surface area contributed by atoms with Gasteiger partial charge < -0.3 is 4.57 Å². The molecule has 0 fully saturated rings. The van der Waals surface area contributed by atoms with E-state index in [0.717, 1.165) is 34.0 Å². The van der Waals surface area contributed by atoms with Crippen LogP contribution in [0, 0.1) is 12.7 Å². The third kappa shape index (κ3) is 3.76. The predicted molar refractivity (Wildman–Crippen MR) is 106 cm³/mol. The van der Waals surface area contributed by atoms with Crippen molar-refractivity contribution in [2.24, 2.45) is 0 Å². The van der Waals surface area contributed by atoms with E-state index < -0.39 is 0 Å². The highest BCUT2D eigenvalue weighted by atomic mass is 35.5. The van der Waals surface area contributed by atoms with Gasteiger partial charge in [-0.3, -0.25) is 4.98 Å². The van der Waals surface area contributed by atoms with Crippen LogP contribution in [0.1, 0.15) is 17.0 Å². The second-order valence-electron chi connectivity index (χ2n) is 6.35. The highest BCUT2D eigenvalue weighted by Gasteiger charge is 2.14. The van der Waals surface area contributed by atoms with Crippen molar-refractivity contribution < 1.29 is 4.39 Å². The first-order valence-electron chi connectivity index (χ1n) is 8.61. The SMILES string of the molecule is Cc1ccc(F)cc1Cc1nc(-c2ccccn2)cn1-c1ccc(Cl)cc1. The molecule has 0 saturated heterocycles. The minimum Gasteiger partial charge on any atom is -0.303 e. The van der Waals surface area contributed by atoms with Crippen LogP contribution >= 0.6 is 11.6 Å². The lowest BCUT2D eigenvalue weighted by Gasteiger charge is -2.10. The molecule has 0 unspecified atom stereocenters. The number of hydrogen-bond acceptors (Lipinski definition) is 2. The molecule has 2 heterocycles. The summed E-state index contributed by atoms with van der Waals surface area (Å²) in [5.74, 6) is 0.567. The van der Waals surface area contributed by atoms with Gasteiger partial charge in [0.15, 0.2) is 0 Å². The summed E-state index contributed by atoms with van der Waals surface area (Å²) >= 11 is 6.03. The molecule has 3 nitrogen and oxygen atoms in total. The van der Waals surface area contributed by atoms with Gasteiger partial charge in [-0.25, -0.2) is 9.37 Å². The number of pyridine rings is 1. The van der Waals surface area contributed by atoms with Gasteiger partial charge in [-0.15, -0.1) is 0 Å². The topological polar surface area (TPSA) is 30.7 Å². The summed E-state index contributed by atoms with van der Waals surface area (Å²) in [5, 5.41) is 0.673. The summed E-state index contributed by atoms with van der Waals surface area (Å²) in [7, 11) is 0. The smallest absolute Gasteiger partial charge is 0.123 e. The Morgan fingerprint density at radius 1 is 1.00 bits per heavy atom. The molecule has 0 spiro atoms. The van der Waals surface area contributed by atoms with E-state index in [9.17, 15) is 4.39 Å². The van der Waals surface area contributed by atoms with Gasteiger partial charge in [0.05, 0.1) is 5.69 Å². The first kappa shape index (κ1) is 17.4. The van der Waals surface area contributed by atoms with Crippen LogP contribution in [0.4, 0.5) is 4.39 Å². The fourth-order valence-corrected chi connectivity index (χ4v) is 3.13. The van der Waals surface area contributed by atoms with E-state index in [1.807, 2.05) is 60.2 Å². The maximum Gasteiger partial charge on any atom is 0.123 e. The van der Waals surface area contributed by atoms with Crippen molar-refractivity contribution in [3.63, 3.8) is 0 Å². The Hall–Kier alpha value is -2.98. The zero-order chi connectivity index (χ0) is 18.8. The Bertz CT molecular complexity index is 1070. The van der Waals surface area contributed by atoms with Crippen LogP contribution in [0.2, 0.25) is 5.02 Å². The van der Waals surface area contributed by atoms with Crippen LogP contribution in [0.25, 0.3) is 17.1 Å². The van der Waals surface area contributed by atoms with E-state index in [4.69, 9.17) is 16.6 Å². The minimum atomic E-state index is -0.245. The number of nitrogens with zero attached hydrogens (tertiary/aromatic N) is 3. The van der Waals surface area contributed by atoms with E-state index in [2.05, 4.69) is 4.98 Å². The molecule has 4 rings (SSSR count).